The van der Waals surface area contributed by atoms with Crippen LogP contribution < -0.4 is 5.76 Å². The Kier molecular flexibility index (Phi) is 2.25. The van der Waals surface area contributed by atoms with Gasteiger partial charge in [0, 0.05) is 10.4 Å². The second-order valence-corrected chi connectivity index (χ2v) is 3.36. The van der Waals surface area contributed by atoms with Crippen molar-refractivity contribution < 1.29 is 4.42 Å². The molecule has 0 saturated heterocycles. The summed E-state index contributed by atoms with van der Waals surface area (Å²) in [6.07, 6.45) is 0.683. The predicted octanol–water partition coefficient (Wildman–Crippen LogP) is 2.40. The van der Waals surface area contributed by atoms with Gasteiger partial charge in [0.05, 0.1) is 5.69 Å². The van der Waals surface area contributed by atoms with Crippen LogP contribution in [0.2, 0.25) is 5.02 Å². The number of aromatic nitrogens is 1. The molecule has 4 heteroatoms. The minimum Gasteiger partial charge on any atom is -0.408 e. The lowest BCUT2D eigenvalue weighted by Gasteiger charge is -2.00. The molecule has 72 valence electrons. The molecule has 3 nitrogen and oxygen atoms in total. The normalized spacial score (nSPS) is 10.7. The molecule has 0 amide bonds. The van der Waals surface area contributed by atoms with Crippen molar-refractivity contribution in [3.8, 4) is 0 Å². The van der Waals surface area contributed by atoms with Crippen molar-refractivity contribution in [1.82, 2.24) is 4.98 Å². The van der Waals surface area contributed by atoms with Gasteiger partial charge in [0.25, 0.3) is 0 Å². The lowest BCUT2D eigenvalue weighted by Crippen LogP contribution is -2.07. The highest BCUT2D eigenvalue weighted by Crippen LogP contribution is 2.20. The summed E-state index contributed by atoms with van der Waals surface area (Å²) in [4.78, 5) is 14.8. The van der Waals surface area contributed by atoms with E-state index in [2.05, 4.69) is 4.98 Å². The van der Waals surface area contributed by atoms with E-state index < -0.39 is 5.76 Å². The molecule has 1 aromatic heterocycles. The maximum absolute atomic E-state index is 11.0. The molecule has 0 bridgehead atoms. The van der Waals surface area contributed by atoms with E-state index >= 15 is 0 Å². The van der Waals surface area contributed by atoms with Gasteiger partial charge in [-0.2, -0.15) is 4.98 Å². The summed E-state index contributed by atoms with van der Waals surface area (Å²) in [5.41, 5.74) is 1.25. The Hall–Kier alpha value is -1.35. The van der Waals surface area contributed by atoms with E-state index in [1.165, 1.54) is 0 Å². The van der Waals surface area contributed by atoms with Crippen LogP contribution in [0.5, 0.6) is 0 Å². The lowest BCUT2D eigenvalue weighted by atomic mass is 10.2. The molecule has 2 aromatic rings. The summed E-state index contributed by atoms with van der Waals surface area (Å²) >= 11 is 5.84. The maximum atomic E-state index is 11.0. The Bertz CT molecular complexity index is 533. The number of halogens is 1. The average molecular weight is 210 g/mol. The van der Waals surface area contributed by atoms with Crippen molar-refractivity contribution in [2.24, 2.45) is 0 Å². The number of fused-ring (bicyclic) bond motifs is 1. The number of nitrogens with zero attached hydrogens (tertiary/aromatic N) is 1. The number of hydrogen-bond donors (Lipinski definition) is 0. The number of hydrogen-bond acceptors (Lipinski definition) is 3. The van der Waals surface area contributed by atoms with Crippen molar-refractivity contribution in [2.75, 3.05) is 0 Å². The van der Waals surface area contributed by atoms with Crippen LogP contribution in [0.3, 0.4) is 0 Å². The van der Waals surface area contributed by atoms with Crippen LogP contribution in [-0.4, -0.2) is 4.98 Å². The molecule has 1 aromatic carbocycles. The minimum absolute atomic E-state index is 0.534. The zero-order valence-electron chi connectivity index (χ0n) is 7.58. The molecule has 0 aliphatic heterocycles. The third kappa shape index (κ3) is 1.51. The van der Waals surface area contributed by atoms with Crippen molar-refractivity contribution in [3.05, 3.63) is 39.5 Å². The molecule has 0 N–H and O–H groups in total. The first-order valence-corrected chi connectivity index (χ1v) is 4.68. The quantitative estimate of drug-likeness (QED) is 0.725. The van der Waals surface area contributed by atoms with Gasteiger partial charge in [-0.3, -0.25) is 0 Å². The monoisotopic (exact) mass is 209 g/mol. The highest BCUT2D eigenvalue weighted by Gasteiger charge is 2.05. The van der Waals surface area contributed by atoms with E-state index in [1.807, 2.05) is 6.92 Å². The molecule has 0 aliphatic carbocycles. The van der Waals surface area contributed by atoms with Crippen LogP contribution >= 0.6 is 11.6 Å². The summed E-state index contributed by atoms with van der Waals surface area (Å²) in [5, 5.41) is 1.42. The van der Waals surface area contributed by atoms with Crippen LogP contribution in [0, 0.1) is 0 Å². The fourth-order valence-corrected chi connectivity index (χ4v) is 1.55. The van der Waals surface area contributed by atoms with Crippen LogP contribution in [0.15, 0.2) is 27.4 Å². The van der Waals surface area contributed by atoms with Crippen molar-refractivity contribution >= 4 is 22.6 Å². The lowest BCUT2D eigenvalue weighted by molar-refractivity contribution is 0.527. The molecule has 2 rings (SSSR count). The van der Waals surface area contributed by atoms with Gasteiger partial charge in [-0.25, -0.2) is 4.79 Å². The van der Waals surface area contributed by atoms with E-state index in [4.69, 9.17) is 16.0 Å². The first kappa shape index (κ1) is 9.21. The minimum atomic E-state index is -0.559. The molecule has 0 atom stereocenters. The zero-order valence-corrected chi connectivity index (χ0v) is 8.34. The summed E-state index contributed by atoms with van der Waals surface area (Å²) in [7, 11) is 0. The average Bonchev–Trinajstić information content (AvgIpc) is 2.17. The second-order valence-electron chi connectivity index (χ2n) is 2.92. The molecular weight excluding hydrogens is 202 g/mol. The standard InChI is InChI=1S/C10H8ClNO2/c1-2-8-7-5-6(11)3-4-9(7)14-10(13)12-8/h3-5H,2H2,1H3. The van der Waals surface area contributed by atoms with E-state index in [0.717, 1.165) is 11.1 Å². The highest BCUT2D eigenvalue weighted by molar-refractivity contribution is 6.31. The van der Waals surface area contributed by atoms with Gasteiger partial charge < -0.3 is 4.42 Å². The Balaban J connectivity index is 2.88. The Morgan fingerprint density at radius 1 is 1.50 bits per heavy atom. The van der Waals surface area contributed by atoms with Gasteiger partial charge in [0.1, 0.15) is 5.58 Å². The van der Waals surface area contributed by atoms with Gasteiger partial charge in [0.15, 0.2) is 0 Å². The summed E-state index contributed by atoms with van der Waals surface area (Å²) in [5.74, 6) is -0.559. The van der Waals surface area contributed by atoms with Crippen molar-refractivity contribution in [3.63, 3.8) is 0 Å². The number of benzene rings is 1. The molecule has 14 heavy (non-hydrogen) atoms. The molecule has 0 radical (unpaired) electrons. The number of rotatable bonds is 1. The smallest absolute Gasteiger partial charge is 0.408 e. The van der Waals surface area contributed by atoms with Gasteiger partial charge in [-0.05, 0) is 24.6 Å². The first-order chi connectivity index (χ1) is 6.70. The highest BCUT2D eigenvalue weighted by atomic mass is 35.5. The Labute approximate surface area is 85.3 Å². The van der Waals surface area contributed by atoms with E-state index in [-0.39, 0.29) is 0 Å². The number of aryl methyl sites for hydroxylation is 1. The maximum Gasteiger partial charge on any atom is 0.439 e. The Morgan fingerprint density at radius 2 is 2.29 bits per heavy atom. The SMILES string of the molecule is CCc1nc(=O)oc2ccc(Cl)cc12. The molecule has 0 spiro atoms. The molecular formula is C10H8ClNO2. The van der Waals surface area contributed by atoms with Crippen molar-refractivity contribution in [1.29, 1.82) is 0 Å². The third-order valence-corrected chi connectivity index (χ3v) is 2.25. The topological polar surface area (TPSA) is 43.1 Å². The van der Waals surface area contributed by atoms with Gasteiger partial charge in [-0.1, -0.05) is 18.5 Å². The van der Waals surface area contributed by atoms with Gasteiger partial charge in [-0.15, -0.1) is 0 Å². The molecule has 0 fully saturated rings. The summed E-state index contributed by atoms with van der Waals surface area (Å²) in [6, 6.07) is 5.12. The fraction of sp³-hybridized carbons (Fsp3) is 0.200. The van der Waals surface area contributed by atoms with E-state index in [0.29, 0.717) is 17.0 Å². The van der Waals surface area contributed by atoms with Crippen LogP contribution in [0.1, 0.15) is 12.6 Å². The predicted molar refractivity (Wildman–Crippen MR) is 54.7 cm³/mol. The largest absolute Gasteiger partial charge is 0.439 e. The fourth-order valence-electron chi connectivity index (χ4n) is 1.37. The molecule has 1 heterocycles. The second kappa shape index (κ2) is 3.42. The molecule has 0 saturated carbocycles. The molecule has 0 aliphatic rings. The van der Waals surface area contributed by atoms with Gasteiger partial charge >= 0.3 is 5.76 Å². The third-order valence-electron chi connectivity index (χ3n) is 2.01. The summed E-state index contributed by atoms with van der Waals surface area (Å²) < 4.78 is 4.93. The van der Waals surface area contributed by atoms with E-state index in [1.54, 1.807) is 18.2 Å². The van der Waals surface area contributed by atoms with Crippen LogP contribution in [0.25, 0.3) is 11.0 Å². The van der Waals surface area contributed by atoms with Gasteiger partial charge in [0.2, 0.25) is 0 Å². The first-order valence-electron chi connectivity index (χ1n) is 4.30. The van der Waals surface area contributed by atoms with Crippen LogP contribution in [-0.2, 0) is 6.42 Å². The Morgan fingerprint density at radius 3 is 3.00 bits per heavy atom. The summed E-state index contributed by atoms with van der Waals surface area (Å²) in [6.45, 7) is 1.93. The van der Waals surface area contributed by atoms with Crippen molar-refractivity contribution in [2.45, 2.75) is 13.3 Å². The van der Waals surface area contributed by atoms with E-state index in [9.17, 15) is 4.79 Å². The zero-order chi connectivity index (χ0) is 10.1. The van der Waals surface area contributed by atoms with Crippen LogP contribution in [0.4, 0.5) is 0 Å². The molecule has 0 unspecified atom stereocenters.